The largest absolute Gasteiger partial charge is 0.316 e. The fourth-order valence-electron chi connectivity index (χ4n) is 2.26. The van der Waals surface area contributed by atoms with E-state index in [2.05, 4.69) is 41.7 Å². The molecule has 0 spiro atoms. The minimum Gasteiger partial charge on any atom is -0.316 e. The van der Waals surface area contributed by atoms with Crippen molar-refractivity contribution >= 4 is 11.8 Å². The van der Waals surface area contributed by atoms with Crippen LogP contribution in [0.3, 0.4) is 0 Å². The summed E-state index contributed by atoms with van der Waals surface area (Å²) in [6, 6.07) is 10.6. The zero-order valence-electron chi connectivity index (χ0n) is 11.0. The van der Waals surface area contributed by atoms with E-state index in [0.29, 0.717) is 0 Å². The smallest absolute Gasteiger partial charge is 0.0106 e. The van der Waals surface area contributed by atoms with Crippen molar-refractivity contribution < 1.29 is 0 Å². The van der Waals surface area contributed by atoms with Gasteiger partial charge in [-0.2, -0.15) is 0 Å². The molecule has 1 aromatic carbocycles. The summed E-state index contributed by atoms with van der Waals surface area (Å²) in [7, 11) is 0. The minimum absolute atomic E-state index is 1.10. The molecule has 98 valence electrons. The molecule has 1 nitrogen and oxygen atoms in total. The Kier molecular flexibility index (Phi) is 6.38. The summed E-state index contributed by atoms with van der Waals surface area (Å²) < 4.78 is 0. The first-order valence-electron chi connectivity index (χ1n) is 7.01. The molecule has 1 aliphatic carbocycles. The van der Waals surface area contributed by atoms with E-state index in [1.807, 2.05) is 11.8 Å². The van der Waals surface area contributed by atoms with Crippen molar-refractivity contribution in [1.29, 1.82) is 0 Å². The van der Waals surface area contributed by atoms with Crippen LogP contribution in [0.2, 0.25) is 0 Å². The Labute approximate surface area is 115 Å². The van der Waals surface area contributed by atoms with Gasteiger partial charge in [-0.05, 0) is 50.8 Å². The molecule has 2 heteroatoms. The second-order valence-corrected chi connectivity index (χ2v) is 5.94. The van der Waals surface area contributed by atoms with Gasteiger partial charge in [0.2, 0.25) is 0 Å². The Balaban J connectivity index is 1.50. The number of hydrogen-bond donors (Lipinski definition) is 1. The van der Waals surface area contributed by atoms with Crippen molar-refractivity contribution in [2.75, 3.05) is 18.8 Å². The molecule has 0 bridgehead atoms. The predicted octanol–water partition coefficient (Wildman–Crippen LogP) is 4.26. The number of hydrogen-bond acceptors (Lipinski definition) is 2. The van der Waals surface area contributed by atoms with E-state index in [1.165, 1.54) is 37.0 Å². The van der Waals surface area contributed by atoms with Crippen molar-refractivity contribution in [3.8, 4) is 0 Å². The van der Waals surface area contributed by atoms with Crippen LogP contribution in [0.25, 0.3) is 0 Å². The van der Waals surface area contributed by atoms with Crippen LogP contribution in [-0.4, -0.2) is 18.8 Å². The molecule has 0 saturated heterocycles. The van der Waals surface area contributed by atoms with E-state index in [4.69, 9.17) is 0 Å². The second kappa shape index (κ2) is 8.39. The van der Waals surface area contributed by atoms with Crippen molar-refractivity contribution in [3.63, 3.8) is 0 Å². The molecule has 1 aromatic rings. The van der Waals surface area contributed by atoms with Gasteiger partial charge < -0.3 is 5.32 Å². The summed E-state index contributed by atoms with van der Waals surface area (Å²) in [5.74, 6) is 1.16. The average Bonchev–Trinajstić information content (AvgIpc) is 2.45. The predicted molar refractivity (Wildman–Crippen MR) is 81.2 cm³/mol. The third-order valence-electron chi connectivity index (χ3n) is 3.30. The van der Waals surface area contributed by atoms with Gasteiger partial charge in [0, 0.05) is 17.2 Å². The summed E-state index contributed by atoms with van der Waals surface area (Å²) in [6.45, 7) is 2.24. The van der Waals surface area contributed by atoms with E-state index in [-0.39, 0.29) is 0 Å². The van der Waals surface area contributed by atoms with Crippen molar-refractivity contribution in [1.82, 2.24) is 5.32 Å². The Bertz CT molecular complexity index is 359. The number of allylic oxidation sites excluding steroid dienone is 1. The summed E-state index contributed by atoms with van der Waals surface area (Å²) in [5, 5.41) is 3.54. The quantitative estimate of drug-likeness (QED) is 0.447. The fourth-order valence-corrected chi connectivity index (χ4v) is 3.10. The fraction of sp³-hybridized carbons (Fsp3) is 0.500. The van der Waals surface area contributed by atoms with Gasteiger partial charge in [0.05, 0.1) is 0 Å². The van der Waals surface area contributed by atoms with Gasteiger partial charge in [-0.25, -0.2) is 0 Å². The summed E-state index contributed by atoms with van der Waals surface area (Å²) in [4.78, 5) is 1.37. The van der Waals surface area contributed by atoms with E-state index < -0.39 is 0 Å². The first kappa shape index (κ1) is 13.7. The first-order valence-corrected chi connectivity index (χ1v) is 8.00. The number of thioether (sulfide) groups is 1. The van der Waals surface area contributed by atoms with Gasteiger partial charge in [-0.15, -0.1) is 11.8 Å². The molecule has 0 saturated carbocycles. The summed E-state index contributed by atoms with van der Waals surface area (Å²) in [6.07, 6.45) is 9.12. The molecule has 0 fully saturated rings. The molecule has 0 unspecified atom stereocenters. The highest BCUT2D eigenvalue weighted by molar-refractivity contribution is 7.99. The zero-order chi connectivity index (χ0) is 12.5. The van der Waals surface area contributed by atoms with E-state index in [0.717, 1.165) is 18.8 Å². The molecule has 0 aliphatic heterocycles. The lowest BCUT2D eigenvalue weighted by atomic mass is 9.97. The summed E-state index contributed by atoms with van der Waals surface area (Å²) >= 11 is 1.93. The lowest BCUT2D eigenvalue weighted by Crippen LogP contribution is -2.19. The third-order valence-corrected chi connectivity index (χ3v) is 4.31. The molecular formula is C16H23NS. The SMILES string of the molecule is C1=C(CCNCCSc2ccccc2)CCCC1. The molecular weight excluding hydrogens is 238 g/mol. The second-order valence-electron chi connectivity index (χ2n) is 4.77. The Hall–Kier alpha value is -0.730. The molecule has 0 atom stereocenters. The van der Waals surface area contributed by atoms with Gasteiger partial charge >= 0.3 is 0 Å². The highest BCUT2D eigenvalue weighted by atomic mass is 32.2. The minimum atomic E-state index is 1.10. The van der Waals surface area contributed by atoms with E-state index in [9.17, 15) is 0 Å². The third kappa shape index (κ3) is 5.28. The maximum Gasteiger partial charge on any atom is 0.0106 e. The molecule has 0 aromatic heterocycles. The standard InChI is InChI=1S/C16H23NS/c1-3-7-15(8-4-1)11-12-17-13-14-18-16-9-5-2-6-10-16/h2,5-7,9-10,17H,1,3-4,8,11-14H2. The summed E-state index contributed by atoms with van der Waals surface area (Å²) in [5.41, 5.74) is 1.67. The maximum atomic E-state index is 3.54. The van der Waals surface area contributed by atoms with Crippen molar-refractivity contribution in [2.45, 2.75) is 37.0 Å². The molecule has 1 N–H and O–H groups in total. The van der Waals surface area contributed by atoms with Crippen molar-refractivity contribution in [3.05, 3.63) is 42.0 Å². The Morgan fingerprint density at radius 2 is 1.94 bits per heavy atom. The highest BCUT2D eigenvalue weighted by Crippen LogP contribution is 2.19. The van der Waals surface area contributed by atoms with Crippen LogP contribution in [0.1, 0.15) is 32.1 Å². The van der Waals surface area contributed by atoms with Gasteiger partial charge in [-0.1, -0.05) is 29.8 Å². The molecule has 0 heterocycles. The number of nitrogens with one attached hydrogen (secondary N) is 1. The van der Waals surface area contributed by atoms with Gasteiger partial charge in [0.15, 0.2) is 0 Å². The monoisotopic (exact) mass is 261 g/mol. The van der Waals surface area contributed by atoms with E-state index >= 15 is 0 Å². The van der Waals surface area contributed by atoms with Crippen LogP contribution in [0.5, 0.6) is 0 Å². The number of rotatable bonds is 7. The maximum absolute atomic E-state index is 3.54. The lowest BCUT2D eigenvalue weighted by Gasteiger charge is -2.12. The van der Waals surface area contributed by atoms with E-state index in [1.54, 1.807) is 5.57 Å². The molecule has 0 radical (unpaired) electrons. The zero-order valence-corrected chi connectivity index (χ0v) is 11.8. The number of benzene rings is 1. The van der Waals surface area contributed by atoms with Crippen LogP contribution >= 0.6 is 11.8 Å². The Morgan fingerprint density at radius 1 is 1.06 bits per heavy atom. The van der Waals surface area contributed by atoms with Crippen LogP contribution in [0.15, 0.2) is 46.9 Å². The highest BCUT2D eigenvalue weighted by Gasteiger charge is 2.02. The first-order chi connectivity index (χ1) is 8.95. The van der Waals surface area contributed by atoms with Gasteiger partial charge in [0.25, 0.3) is 0 Å². The van der Waals surface area contributed by atoms with Crippen LogP contribution < -0.4 is 5.32 Å². The lowest BCUT2D eigenvalue weighted by molar-refractivity contribution is 0.645. The normalized spacial score (nSPS) is 15.4. The average molecular weight is 261 g/mol. The van der Waals surface area contributed by atoms with Crippen LogP contribution in [0.4, 0.5) is 0 Å². The molecule has 0 amide bonds. The van der Waals surface area contributed by atoms with Gasteiger partial charge in [-0.3, -0.25) is 0 Å². The molecule has 2 rings (SSSR count). The van der Waals surface area contributed by atoms with Gasteiger partial charge in [0.1, 0.15) is 0 Å². The molecule has 1 aliphatic rings. The van der Waals surface area contributed by atoms with Crippen LogP contribution in [-0.2, 0) is 0 Å². The van der Waals surface area contributed by atoms with Crippen molar-refractivity contribution in [2.24, 2.45) is 0 Å². The van der Waals surface area contributed by atoms with Crippen LogP contribution in [0, 0.1) is 0 Å². The Morgan fingerprint density at radius 3 is 2.72 bits per heavy atom. The molecule has 18 heavy (non-hydrogen) atoms. The topological polar surface area (TPSA) is 12.0 Å².